The first-order valence-electron chi connectivity index (χ1n) is 6.60. The predicted molar refractivity (Wildman–Crippen MR) is 85.4 cm³/mol. The highest BCUT2D eigenvalue weighted by Crippen LogP contribution is 2.31. The Bertz CT molecular complexity index is 559. The number of esters is 1. The van der Waals surface area contributed by atoms with Crippen LogP contribution in [-0.4, -0.2) is 23.8 Å². The number of carbonyl (C=O) groups is 1. The second-order valence-electron chi connectivity index (χ2n) is 5.27. The Morgan fingerprint density at radius 2 is 2.15 bits per heavy atom. The summed E-state index contributed by atoms with van der Waals surface area (Å²) in [6, 6.07) is 8.18. The molecule has 20 heavy (non-hydrogen) atoms. The molecule has 0 saturated heterocycles. The van der Waals surface area contributed by atoms with Crippen LogP contribution in [-0.2, 0) is 9.53 Å². The van der Waals surface area contributed by atoms with E-state index >= 15 is 0 Å². The molecule has 1 aromatic heterocycles. The molecule has 2 aromatic rings. The van der Waals surface area contributed by atoms with Gasteiger partial charge in [0.15, 0.2) is 4.34 Å². The molecule has 1 heterocycles. The molecule has 3 nitrogen and oxygen atoms in total. The van der Waals surface area contributed by atoms with Gasteiger partial charge >= 0.3 is 5.97 Å². The molecule has 5 heteroatoms. The van der Waals surface area contributed by atoms with Crippen molar-refractivity contribution in [3.8, 4) is 0 Å². The molecule has 1 aromatic carbocycles. The number of thiazole rings is 1. The number of methoxy groups -OCH3 is 1. The van der Waals surface area contributed by atoms with E-state index in [9.17, 15) is 4.79 Å². The van der Waals surface area contributed by atoms with E-state index in [0.29, 0.717) is 0 Å². The lowest BCUT2D eigenvalue weighted by Crippen LogP contribution is -2.25. The largest absolute Gasteiger partial charge is 0.469 e. The number of nitrogens with zero attached hydrogens (tertiary/aromatic N) is 1. The van der Waals surface area contributed by atoms with Crippen molar-refractivity contribution < 1.29 is 9.53 Å². The van der Waals surface area contributed by atoms with Crippen LogP contribution in [0.2, 0.25) is 0 Å². The van der Waals surface area contributed by atoms with Crippen molar-refractivity contribution in [3.05, 3.63) is 24.3 Å². The molecule has 0 aliphatic heterocycles. The highest BCUT2D eigenvalue weighted by atomic mass is 32.2. The molecule has 0 aliphatic carbocycles. The molecular formula is C15H19NO2S2. The molecule has 0 atom stereocenters. The first kappa shape index (κ1) is 15.3. The molecule has 0 saturated carbocycles. The van der Waals surface area contributed by atoms with Gasteiger partial charge in [-0.15, -0.1) is 11.3 Å². The fourth-order valence-corrected chi connectivity index (χ4v) is 4.04. The second kappa shape index (κ2) is 6.59. The lowest BCUT2D eigenvalue weighted by atomic mass is 9.88. The van der Waals surface area contributed by atoms with Crippen LogP contribution < -0.4 is 0 Å². The van der Waals surface area contributed by atoms with E-state index in [1.807, 2.05) is 32.0 Å². The molecule has 2 rings (SSSR count). The van der Waals surface area contributed by atoms with Crippen LogP contribution >= 0.6 is 23.1 Å². The SMILES string of the molecule is COC(=O)C(C)(C)CCCSc1nc2ccccc2s1. The van der Waals surface area contributed by atoms with Crippen LogP contribution in [0, 0.1) is 5.41 Å². The quantitative estimate of drug-likeness (QED) is 0.451. The maximum atomic E-state index is 11.6. The van der Waals surface area contributed by atoms with Crippen molar-refractivity contribution in [1.29, 1.82) is 0 Å². The van der Waals surface area contributed by atoms with Crippen LogP contribution in [0.3, 0.4) is 0 Å². The van der Waals surface area contributed by atoms with Crippen LogP contribution in [0.15, 0.2) is 28.6 Å². The lowest BCUT2D eigenvalue weighted by molar-refractivity contribution is -0.151. The molecular weight excluding hydrogens is 290 g/mol. The van der Waals surface area contributed by atoms with Gasteiger partial charge in [0.1, 0.15) is 0 Å². The Morgan fingerprint density at radius 1 is 1.40 bits per heavy atom. The summed E-state index contributed by atoms with van der Waals surface area (Å²) in [5.74, 6) is 0.836. The number of para-hydroxylation sites is 1. The predicted octanol–water partition coefficient (Wildman–Crippen LogP) is 4.37. The number of benzene rings is 1. The number of carbonyl (C=O) groups excluding carboxylic acids is 1. The Hall–Kier alpha value is -1.07. The zero-order chi connectivity index (χ0) is 14.6. The average molecular weight is 309 g/mol. The summed E-state index contributed by atoms with van der Waals surface area (Å²) in [5.41, 5.74) is 0.665. The Morgan fingerprint density at radius 3 is 2.85 bits per heavy atom. The summed E-state index contributed by atoms with van der Waals surface area (Å²) in [5, 5.41) is 0. The molecule has 0 N–H and O–H groups in total. The van der Waals surface area contributed by atoms with Crippen molar-refractivity contribution in [1.82, 2.24) is 4.98 Å². The van der Waals surface area contributed by atoms with Gasteiger partial charge in [-0.3, -0.25) is 4.79 Å². The van der Waals surface area contributed by atoms with Crippen LogP contribution in [0.4, 0.5) is 0 Å². The Balaban J connectivity index is 1.83. The number of ether oxygens (including phenoxy) is 1. The standard InChI is InChI=1S/C15H19NO2S2/c1-15(2,13(17)18-3)9-6-10-19-14-16-11-7-4-5-8-12(11)20-14/h4-5,7-8H,6,9-10H2,1-3H3. The Labute approximate surface area is 127 Å². The zero-order valence-corrected chi connectivity index (χ0v) is 13.6. The minimum atomic E-state index is -0.400. The van der Waals surface area contributed by atoms with E-state index in [1.165, 1.54) is 11.8 Å². The molecule has 0 amide bonds. The van der Waals surface area contributed by atoms with Gasteiger partial charge in [0.2, 0.25) is 0 Å². The van der Waals surface area contributed by atoms with E-state index in [0.717, 1.165) is 28.5 Å². The molecule has 0 bridgehead atoms. The van der Waals surface area contributed by atoms with Gasteiger partial charge in [-0.25, -0.2) is 4.98 Å². The van der Waals surface area contributed by atoms with Crippen molar-refractivity contribution in [2.75, 3.05) is 12.9 Å². The smallest absolute Gasteiger partial charge is 0.311 e. The van der Waals surface area contributed by atoms with Gasteiger partial charge in [0.25, 0.3) is 0 Å². The van der Waals surface area contributed by atoms with E-state index in [1.54, 1.807) is 23.1 Å². The van der Waals surface area contributed by atoms with Crippen LogP contribution in [0.5, 0.6) is 0 Å². The fourth-order valence-electron chi connectivity index (χ4n) is 1.96. The number of thioether (sulfide) groups is 1. The topological polar surface area (TPSA) is 39.2 Å². The van der Waals surface area contributed by atoms with E-state index in [-0.39, 0.29) is 5.97 Å². The molecule has 0 unspecified atom stereocenters. The lowest BCUT2D eigenvalue weighted by Gasteiger charge is -2.20. The number of aromatic nitrogens is 1. The van der Waals surface area contributed by atoms with Gasteiger partial charge < -0.3 is 4.74 Å². The first-order chi connectivity index (χ1) is 9.53. The monoisotopic (exact) mass is 309 g/mol. The first-order valence-corrected chi connectivity index (χ1v) is 8.40. The molecule has 0 aliphatic rings. The highest BCUT2D eigenvalue weighted by Gasteiger charge is 2.27. The number of fused-ring (bicyclic) bond motifs is 1. The molecule has 0 fully saturated rings. The summed E-state index contributed by atoms with van der Waals surface area (Å²) in [6.07, 6.45) is 1.81. The summed E-state index contributed by atoms with van der Waals surface area (Å²) >= 11 is 3.49. The maximum absolute atomic E-state index is 11.6. The summed E-state index contributed by atoms with van der Waals surface area (Å²) in [7, 11) is 1.44. The van der Waals surface area contributed by atoms with Crippen molar-refractivity contribution in [2.45, 2.75) is 31.0 Å². The minimum absolute atomic E-state index is 0.137. The van der Waals surface area contributed by atoms with Crippen molar-refractivity contribution in [3.63, 3.8) is 0 Å². The van der Waals surface area contributed by atoms with Gasteiger partial charge in [-0.1, -0.05) is 23.9 Å². The minimum Gasteiger partial charge on any atom is -0.469 e. The second-order valence-corrected chi connectivity index (χ2v) is 7.65. The number of rotatable bonds is 6. The summed E-state index contributed by atoms with van der Waals surface area (Å²) in [6.45, 7) is 3.86. The van der Waals surface area contributed by atoms with Crippen LogP contribution in [0.25, 0.3) is 10.2 Å². The maximum Gasteiger partial charge on any atom is 0.311 e. The van der Waals surface area contributed by atoms with Crippen molar-refractivity contribution in [2.24, 2.45) is 5.41 Å². The summed E-state index contributed by atoms with van der Waals surface area (Å²) in [4.78, 5) is 16.2. The van der Waals surface area contributed by atoms with Gasteiger partial charge in [-0.05, 0) is 38.8 Å². The van der Waals surface area contributed by atoms with Gasteiger partial charge in [0.05, 0.1) is 22.7 Å². The van der Waals surface area contributed by atoms with E-state index in [4.69, 9.17) is 4.74 Å². The molecule has 0 spiro atoms. The third-order valence-electron chi connectivity index (χ3n) is 3.18. The molecule has 108 valence electrons. The third-order valence-corrected chi connectivity index (χ3v) is 5.45. The highest BCUT2D eigenvalue weighted by molar-refractivity contribution is 8.01. The van der Waals surface area contributed by atoms with Gasteiger partial charge in [-0.2, -0.15) is 0 Å². The van der Waals surface area contributed by atoms with E-state index < -0.39 is 5.41 Å². The number of hydrogen-bond donors (Lipinski definition) is 0. The average Bonchev–Trinajstić information content (AvgIpc) is 2.85. The van der Waals surface area contributed by atoms with E-state index in [2.05, 4.69) is 11.1 Å². The normalized spacial score (nSPS) is 11.8. The van der Waals surface area contributed by atoms with Gasteiger partial charge in [0, 0.05) is 5.75 Å². The Kier molecular flexibility index (Phi) is 5.05. The number of hydrogen-bond acceptors (Lipinski definition) is 5. The fraction of sp³-hybridized carbons (Fsp3) is 0.467. The molecule has 0 radical (unpaired) electrons. The van der Waals surface area contributed by atoms with Crippen LogP contribution in [0.1, 0.15) is 26.7 Å². The zero-order valence-electron chi connectivity index (χ0n) is 12.0. The van der Waals surface area contributed by atoms with Crippen molar-refractivity contribution >= 4 is 39.3 Å². The third kappa shape index (κ3) is 3.73. The summed E-state index contributed by atoms with van der Waals surface area (Å²) < 4.78 is 7.14.